The minimum absolute atomic E-state index is 0.392. The van der Waals surface area contributed by atoms with E-state index >= 15 is 0 Å². The van der Waals surface area contributed by atoms with Crippen LogP contribution >= 0.6 is 8.60 Å². The second kappa shape index (κ2) is 24.9. The van der Waals surface area contributed by atoms with Crippen molar-refractivity contribution in [3.05, 3.63) is 24.3 Å². The molecule has 0 saturated heterocycles. The van der Waals surface area contributed by atoms with Crippen molar-refractivity contribution in [2.24, 2.45) is 0 Å². The van der Waals surface area contributed by atoms with Gasteiger partial charge in [0, 0.05) is 13.2 Å². The minimum Gasteiger partial charge on any atom is -0.388 e. The third kappa shape index (κ3) is 19.5. The maximum Gasteiger partial charge on any atom is 0.337 e. The van der Waals surface area contributed by atoms with Crippen LogP contribution in [0.4, 0.5) is 0 Å². The number of fused-ring (bicyclic) bond motifs is 1. The van der Waals surface area contributed by atoms with E-state index in [4.69, 9.17) is 23.0 Å². The molecule has 8 heteroatoms. The minimum atomic E-state index is -1.84. The van der Waals surface area contributed by atoms with Crippen molar-refractivity contribution in [1.29, 1.82) is 0 Å². The van der Waals surface area contributed by atoms with E-state index in [1.54, 1.807) is 13.8 Å². The van der Waals surface area contributed by atoms with E-state index in [9.17, 15) is 10.2 Å². The van der Waals surface area contributed by atoms with Gasteiger partial charge in [0.2, 0.25) is 0 Å². The van der Waals surface area contributed by atoms with Crippen molar-refractivity contribution in [3.8, 4) is 11.1 Å². The highest BCUT2D eigenvalue weighted by Crippen LogP contribution is 2.44. The lowest BCUT2D eigenvalue weighted by Crippen LogP contribution is -2.31. The van der Waals surface area contributed by atoms with Crippen LogP contribution in [0.15, 0.2) is 24.3 Å². The molecule has 0 bridgehead atoms. The second-order valence-electron chi connectivity index (χ2n) is 10.6. The van der Waals surface area contributed by atoms with E-state index in [2.05, 4.69) is 31.2 Å². The van der Waals surface area contributed by atoms with Gasteiger partial charge in [-0.05, 0) is 51.3 Å². The summed E-state index contributed by atoms with van der Waals surface area (Å²) >= 11 is 0. The normalized spacial score (nSPS) is 15.6. The molecule has 0 fully saturated rings. The van der Waals surface area contributed by atoms with Gasteiger partial charge in [-0.15, -0.1) is 0 Å². The number of benzene rings is 1. The Labute approximate surface area is 246 Å². The Balaban J connectivity index is 0.00000114. The molecule has 7 nitrogen and oxygen atoms in total. The maximum atomic E-state index is 9.91. The Kier molecular flexibility index (Phi) is 23.3. The van der Waals surface area contributed by atoms with Gasteiger partial charge in [-0.2, -0.15) is 0 Å². The number of ether oxygens (including phenoxy) is 2. The Bertz CT molecular complexity index is 666. The van der Waals surface area contributed by atoms with Crippen molar-refractivity contribution in [3.63, 3.8) is 0 Å². The van der Waals surface area contributed by atoms with E-state index in [0.29, 0.717) is 19.8 Å². The smallest absolute Gasteiger partial charge is 0.337 e. The van der Waals surface area contributed by atoms with Crippen molar-refractivity contribution < 1.29 is 33.3 Å². The standard InChI is InChI=1S/C26H55O7P.C6H4/c1-6-9-10-11-12-13-14-15-16-17-18-19-20-21-22-31-34(32-25(23(4)27)29-7-2)33-26(24(5)28)30-8-3;1-2-5-4-6(5)3-1/h23-28H,6-22H2,1-5H3;1-4H. The van der Waals surface area contributed by atoms with Gasteiger partial charge in [0.05, 0.1) is 6.61 Å². The van der Waals surface area contributed by atoms with Gasteiger partial charge >= 0.3 is 8.60 Å². The van der Waals surface area contributed by atoms with Gasteiger partial charge in [0.1, 0.15) is 12.2 Å². The number of hydrogen-bond donors (Lipinski definition) is 2. The highest BCUT2D eigenvalue weighted by Gasteiger charge is 2.29. The monoisotopic (exact) mass is 586 g/mol. The molecule has 4 unspecified atom stereocenters. The molecule has 234 valence electrons. The first-order valence-electron chi connectivity index (χ1n) is 15.9. The van der Waals surface area contributed by atoms with Gasteiger partial charge in [0.15, 0.2) is 12.6 Å². The molecule has 4 atom stereocenters. The fourth-order valence-corrected chi connectivity index (χ4v) is 5.47. The number of hydrogen-bond acceptors (Lipinski definition) is 7. The molecule has 0 aliphatic heterocycles. The third-order valence-electron chi connectivity index (χ3n) is 6.64. The first kappa shape index (κ1) is 37.4. The van der Waals surface area contributed by atoms with Crippen molar-refractivity contribution in [1.82, 2.24) is 0 Å². The third-order valence-corrected chi connectivity index (χ3v) is 7.79. The van der Waals surface area contributed by atoms with Gasteiger partial charge in [-0.1, -0.05) is 109 Å². The summed E-state index contributed by atoms with van der Waals surface area (Å²) in [4.78, 5) is 0. The quantitative estimate of drug-likeness (QED) is 0.0646. The highest BCUT2D eigenvalue weighted by molar-refractivity contribution is 7.41. The Morgan fingerprint density at radius 2 is 1.02 bits per heavy atom. The summed E-state index contributed by atoms with van der Waals surface area (Å²) in [5, 5.41) is 19.8. The van der Waals surface area contributed by atoms with E-state index in [1.807, 2.05) is 13.8 Å². The first-order chi connectivity index (χ1) is 19.4. The van der Waals surface area contributed by atoms with Gasteiger partial charge in [-0.3, -0.25) is 9.05 Å². The first-order valence-corrected chi connectivity index (χ1v) is 17.0. The van der Waals surface area contributed by atoms with Gasteiger partial charge < -0.3 is 24.2 Å². The average molecular weight is 587 g/mol. The molecule has 0 spiro atoms. The summed E-state index contributed by atoms with van der Waals surface area (Å²) in [6.45, 7) is 10.4. The largest absolute Gasteiger partial charge is 0.388 e. The zero-order chi connectivity index (χ0) is 29.4. The summed E-state index contributed by atoms with van der Waals surface area (Å²) in [6.07, 6.45) is 14.8. The summed E-state index contributed by atoms with van der Waals surface area (Å²) in [5.74, 6) is 0. The lowest BCUT2D eigenvalue weighted by molar-refractivity contribution is -0.170. The predicted molar refractivity (Wildman–Crippen MR) is 165 cm³/mol. The molecule has 0 heterocycles. The lowest BCUT2D eigenvalue weighted by atomic mass is 10.0. The molecule has 0 aromatic carbocycles. The fourth-order valence-electron chi connectivity index (χ4n) is 4.21. The SMILES string of the molecule is CCCCCCCCCCCCCCCCOP(OC(OCC)C(C)O)OC(OCC)C(C)O.c1cc2cc-2c1. The van der Waals surface area contributed by atoms with Crippen LogP contribution in [-0.2, 0) is 23.0 Å². The van der Waals surface area contributed by atoms with Crippen molar-refractivity contribution >= 4 is 8.60 Å². The predicted octanol–water partition coefficient (Wildman–Crippen LogP) is 8.90. The van der Waals surface area contributed by atoms with Crippen LogP contribution in [0.2, 0.25) is 0 Å². The van der Waals surface area contributed by atoms with E-state index in [0.717, 1.165) is 12.8 Å². The van der Waals surface area contributed by atoms with Crippen molar-refractivity contribution in [2.45, 2.75) is 149 Å². The molecular formula is C32H59O7P. The van der Waals surface area contributed by atoms with Crippen LogP contribution in [0.1, 0.15) is 125 Å². The van der Waals surface area contributed by atoms with E-state index < -0.39 is 33.4 Å². The number of aliphatic hydroxyl groups excluding tert-OH is 2. The van der Waals surface area contributed by atoms with Crippen LogP contribution in [-0.4, -0.2) is 54.8 Å². The molecule has 40 heavy (non-hydrogen) atoms. The average Bonchev–Trinajstić information content (AvgIpc) is 3.53. The topological polar surface area (TPSA) is 86.6 Å². The molecule has 2 N–H and O–H groups in total. The highest BCUT2D eigenvalue weighted by atomic mass is 31.2. The maximum absolute atomic E-state index is 9.91. The lowest BCUT2D eigenvalue weighted by Gasteiger charge is -2.28. The van der Waals surface area contributed by atoms with Crippen LogP contribution < -0.4 is 0 Å². The molecule has 0 radical (unpaired) electrons. The second-order valence-corrected chi connectivity index (χ2v) is 11.7. The van der Waals surface area contributed by atoms with Crippen LogP contribution in [0.3, 0.4) is 0 Å². The molecule has 0 aromatic rings. The number of unbranched alkanes of at least 4 members (excludes halogenated alkanes) is 13. The Hall–Kier alpha value is -0.630. The Morgan fingerprint density at radius 1 is 0.625 bits per heavy atom. The summed E-state index contributed by atoms with van der Waals surface area (Å²) < 4.78 is 28.2. The number of rotatable bonds is 26. The van der Waals surface area contributed by atoms with Crippen LogP contribution in [0.5, 0.6) is 0 Å². The molecule has 2 aliphatic carbocycles. The summed E-state index contributed by atoms with van der Waals surface area (Å²) in [6, 6.07) is 8.48. The molecular weight excluding hydrogens is 527 g/mol. The molecule has 2 aliphatic rings. The molecule has 0 saturated carbocycles. The summed E-state index contributed by atoms with van der Waals surface area (Å²) in [7, 11) is -1.84. The zero-order valence-electron chi connectivity index (χ0n) is 26.0. The van der Waals surface area contributed by atoms with Gasteiger partial charge in [-0.25, -0.2) is 0 Å². The van der Waals surface area contributed by atoms with E-state index in [1.165, 1.54) is 88.2 Å². The van der Waals surface area contributed by atoms with Gasteiger partial charge in [0.25, 0.3) is 0 Å². The molecule has 0 amide bonds. The molecule has 2 rings (SSSR count). The van der Waals surface area contributed by atoms with Crippen LogP contribution in [0, 0.1) is 0 Å². The molecule has 0 aromatic heterocycles. The zero-order valence-corrected chi connectivity index (χ0v) is 26.9. The fraction of sp³-hybridized carbons (Fsp3) is 0.812. The van der Waals surface area contributed by atoms with Crippen molar-refractivity contribution in [2.75, 3.05) is 19.8 Å². The van der Waals surface area contributed by atoms with E-state index in [-0.39, 0.29) is 0 Å². The summed E-state index contributed by atoms with van der Waals surface area (Å²) in [5.41, 5.74) is 2.85. The Morgan fingerprint density at radius 3 is 1.32 bits per heavy atom. The van der Waals surface area contributed by atoms with Crippen LogP contribution in [0.25, 0.3) is 11.1 Å². The number of aliphatic hydroxyl groups is 2.